The number of nitrogens with two attached hydrogens (primary N) is 1. The zero-order valence-corrected chi connectivity index (χ0v) is 12.1. The lowest BCUT2D eigenvalue weighted by Crippen LogP contribution is -2.12. The molecule has 0 aliphatic carbocycles. The monoisotopic (exact) mass is 319 g/mol. The minimum atomic E-state index is -0.163. The zero-order valence-electron chi connectivity index (χ0n) is 10.5. The Morgan fingerprint density at radius 2 is 2.32 bits per heavy atom. The molecule has 1 atom stereocenters. The molecule has 0 aliphatic rings. The molecule has 98 valence electrons. The molecule has 0 spiro atoms. The second kappa shape index (κ2) is 4.83. The molecule has 2 N–H and O–H groups in total. The number of aromatic nitrogens is 2. The number of furan rings is 1. The second-order valence-electron chi connectivity index (χ2n) is 4.64. The molecule has 0 fully saturated rings. The van der Waals surface area contributed by atoms with E-state index in [1.807, 2.05) is 43.7 Å². The van der Waals surface area contributed by atoms with Gasteiger partial charge in [-0.05, 0) is 40.0 Å². The van der Waals surface area contributed by atoms with Gasteiger partial charge >= 0.3 is 0 Å². The van der Waals surface area contributed by atoms with Crippen LogP contribution >= 0.6 is 15.9 Å². The predicted molar refractivity (Wildman–Crippen MR) is 77.8 cm³/mol. The summed E-state index contributed by atoms with van der Waals surface area (Å²) in [6.45, 7) is 0. The number of nitrogens with zero attached hydrogens (tertiary/aromatic N) is 2. The normalized spacial score (nSPS) is 13.0. The summed E-state index contributed by atoms with van der Waals surface area (Å²) in [5.74, 6) is 0.797. The third-order valence-corrected chi connectivity index (χ3v) is 3.72. The van der Waals surface area contributed by atoms with Crippen LogP contribution in [0.4, 0.5) is 0 Å². The molecular weight excluding hydrogens is 306 g/mol. The Balaban J connectivity index is 1.89. The predicted octanol–water partition coefficient (Wildman–Crippen LogP) is 3.17. The van der Waals surface area contributed by atoms with Gasteiger partial charge < -0.3 is 10.2 Å². The molecule has 2 aromatic heterocycles. The van der Waals surface area contributed by atoms with Crippen LogP contribution in [0.5, 0.6) is 0 Å². The van der Waals surface area contributed by atoms with Crippen LogP contribution < -0.4 is 5.73 Å². The number of aryl methyl sites for hydroxylation is 1. The van der Waals surface area contributed by atoms with Gasteiger partial charge in [-0.15, -0.1) is 0 Å². The first-order chi connectivity index (χ1) is 9.13. The molecule has 1 unspecified atom stereocenters. The Morgan fingerprint density at radius 3 is 3.00 bits per heavy atom. The van der Waals surface area contributed by atoms with Gasteiger partial charge in [-0.25, -0.2) is 0 Å². The highest BCUT2D eigenvalue weighted by atomic mass is 79.9. The molecule has 19 heavy (non-hydrogen) atoms. The molecule has 3 aromatic rings. The van der Waals surface area contributed by atoms with Crippen molar-refractivity contribution < 1.29 is 4.42 Å². The quantitative estimate of drug-likeness (QED) is 0.806. The van der Waals surface area contributed by atoms with Gasteiger partial charge in [0, 0.05) is 18.6 Å². The lowest BCUT2D eigenvalue weighted by molar-refractivity contribution is 0.493. The Bertz CT molecular complexity index is 716. The lowest BCUT2D eigenvalue weighted by atomic mass is 10.1. The molecule has 0 amide bonds. The van der Waals surface area contributed by atoms with Crippen molar-refractivity contribution in [1.82, 2.24) is 9.78 Å². The molecule has 5 heteroatoms. The van der Waals surface area contributed by atoms with E-state index in [4.69, 9.17) is 10.2 Å². The highest BCUT2D eigenvalue weighted by Gasteiger charge is 2.14. The maximum Gasteiger partial charge on any atom is 0.148 e. The fourth-order valence-corrected chi connectivity index (χ4v) is 2.62. The number of hydrogen-bond donors (Lipinski definition) is 1. The molecule has 0 bridgehead atoms. The number of para-hydroxylation sites is 1. The molecule has 0 aliphatic heterocycles. The van der Waals surface area contributed by atoms with Crippen molar-refractivity contribution in [3.05, 3.63) is 52.5 Å². The number of hydrogen-bond acceptors (Lipinski definition) is 3. The highest BCUT2D eigenvalue weighted by molar-refractivity contribution is 9.10. The molecule has 1 aromatic carbocycles. The highest BCUT2D eigenvalue weighted by Crippen LogP contribution is 2.29. The number of fused-ring (bicyclic) bond motifs is 1. The Morgan fingerprint density at radius 1 is 1.47 bits per heavy atom. The van der Waals surface area contributed by atoms with Crippen LogP contribution in [0, 0.1) is 0 Å². The van der Waals surface area contributed by atoms with E-state index in [-0.39, 0.29) is 6.04 Å². The van der Waals surface area contributed by atoms with Crippen molar-refractivity contribution >= 4 is 26.9 Å². The van der Waals surface area contributed by atoms with Gasteiger partial charge in [-0.3, -0.25) is 4.68 Å². The first-order valence-corrected chi connectivity index (χ1v) is 6.84. The number of halogens is 1. The molecular formula is C14H14BrN3O. The van der Waals surface area contributed by atoms with Crippen LogP contribution in [-0.2, 0) is 13.5 Å². The topological polar surface area (TPSA) is 57.0 Å². The summed E-state index contributed by atoms with van der Waals surface area (Å²) in [6, 6.07) is 7.80. The van der Waals surface area contributed by atoms with E-state index < -0.39 is 0 Å². The van der Waals surface area contributed by atoms with Gasteiger partial charge in [0.05, 0.1) is 16.7 Å². The average Bonchev–Trinajstić information content (AvgIpc) is 2.96. The van der Waals surface area contributed by atoms with E-state index in [9.17, 15) is 0 Å². The second-order valence-corrected chi connectivity index (χ2v) is 5.49. The average molecular weight is 320 g/mol. The maximum absolute atomic E-state index is 6.20. The zero-order chi connectivity index (χ0) is 13.4. The lowest BCUT2D eigenvalue weighted by Gasteiger charge is -2.06. The number of benzene rings is 1. The Labute approximate surface area is 119 Å². The first-order valence-electron chi connectivity index (χ1n) is 6.04. The van der Waals surface area contributed by atoms with Gasteiger partial charge in [-0.1, -0.05) is 12.1 Å². The summed E-state index contributed by atoms with van der Waals surface area (Å²) in [6.07, 6.45) is 4.52. The molecule has 0 saturated carbocycles. The maximum atomic E-state index is 6.20. The van der Waals surface area contributed by atoms with Crippen LogP contribution in [0.15, 0.2) is 45.5 Å². The summed E-state index contributed by atoms with van der Waals surface area (Å²) in [7, 11) is 1.90. The summed E-state index contributed by atoms with van der Waals surface area (Å²) in [5.41, 5.74) is 8.16. The third-order valence-electron chi connectivity index (χ3n) is 3.09. The van der Waals surface area contributed by atoms with E-state index in [1.54, 1.807) is 4.68 Å². The van der Waals surface area contributed by atoms with E-state index in [0.29, 0.717) is 6.42 Å². The molecule has 0 radical (unpaired) electrons. The van der Waals surface area contributed by atoms with E-state index in [1.165, 1.54) is 0 Å². The van der Waals surface area contributed by atoms with Crippen LogP contribution in [0.3, 0.4) is 0 Å². The van der Waals surface area contributed by atoms with Crippen LogP contribution in [0.2, 0.25) is 0 Å². The SMILES string of the molecule is Cn1cc(CC(N)c2cc3cccc(Br)c3o2)cn1. The van der Waals surface area contributed by atoms with Crippen molar-refractivity contribution in [1.29, 1.82) is 0 Å². The van der Waals surface area contributed by atoms with Gasteiger partial charge in [0.25, 0.3) is 0 Å². The van der Waals surface area contributed by atoms with Crippen molar-refractivity contribution in [2.45, 2.75) is 12.5 Å². The van der Waals surface area contributed by atoms with Crippen LogP contribution in [0.1, 0.15) is 17.4 Å². The minimum Gasteiger partial charge on any atom is -0.458 e. The largest absolute Gasteiger partial charge is 0.458 e. The van der Waals surface area contributed by atoms with Crippen molar-refractivity contribution in [3.63, 3.8) is 0 Å². The van der Waals surface area contributed by atoms with E-state index in [2.05, 4.69) is 21.0 Å². The first kappa shape index (κ1) is 12.4. The van der Waals surface area contributed by atoms with E-state index >= 15 is 0 Å². The van der Waals surface area contributed by atoms with Crippen molar-refractivity contribution in [2.24, 2.45) is 12.8 Å². The van der Waals surface area contributed by atoms with Gasteiger partial charge in [0.15, 0.2) is 0 Å². The number of rotatable bonds is 3. The summed E-state index contributed by atoms with van der Waals surface area (Å²) in [5, 5.41) is 5.20. The molecule has 4 nitrogen and oxygen atoms in total. The Kier molecular flexibility index (Phi) is 3.16. The van der Waals surface area contributed by atoms with Gasteiger partial charge in [-0.2, -0.15) is 5.10 Å². The fraction of sp³-hybridized carbons (Fsp3) is 0.214. The smallest absolute Gasteiger partial charge is 0.148 e. The molecule has 0 saturated heterocycles. The fourth-order valence-electron chi connectivity index (χ4n) is 2.16. The van der Waals surface area contributed by atoms with Crippen LogP contribution in [0.25, 0.3) is 11.0 Å². The molecule has 3 rings (SSSR count). The summed E-state index contributed by atoms with van der Waals surface area (Å²) < 4.78 is 8.56. The van der Waals surface area contributed by atoms with E-state index in [0.717, 1.165) is 26.8 Å². The summed E-state index contributed by atoms with van der Waals surface area (Å²) in [4.78, 5) is 0. The van der Waals surface area contributed by atoms with Gasteiger partial charge in [0.2, 0.25) is 0 Å². The van der Waals surface area contributed by atoms with Crippen molar-refractivity contribution in [2.75, 3.05) is 0 Å². The summed E-state index contributed by atoms with van der Waals surface area (Å²) >= 11 is 3.48. The third kappa shape index (κ3) is 2.43. The van der Waals surface area contributed by atoms with Gasteiger partial charge in [0.1, 0.15) is 11.3 Å². The molecule has 2 heterocycles. The van der Waals surface area contributed by atoms with Crippen molar-refractivity contribution in [3.8, 4) is 0 Å². The Hall–Kier alpha value is -1.59. The van der Waals surface area contributed by atoms with Crippen LogP contribution in [-0.4, -0.2) is 9.78 Å². The standard InChI is InChI=1S/C14H14BrN3O/c1-18-8-9(7-17-18)5-12(16)13-6-10-3-2-4-11(15)14(10)19-13/h2-4,6-8,12H,5,16H2,1H3. The minimum absolute atomic E-state index is 0.163.